The topological polar surface area (TPSA) is 98.5 Å². The van der Waals surface area contributed by atoms with Gasteiger partial charge in [-0.15, -0.1) is 0 Å². The lowest BCUT2D eigenvalue weighted by atomic mass is 9.84. The molecule has 38 heavy (non-hydrogen) atoms. The van der Waals surface area contributed by atoms with E-state index in [0.717, 1.165) is 36.8 Å². The number of benzene rings is 1. The van der Waals surface area contributed by atoms with Gasteiger partial charge in [0.2, 0.25) is 0 Å². The number of phenolic OH excluding ortho intramolecular Hbond substituents is 1. The van der Waals surface area contributed by atoms with Crippen LogP contribution < -0.4 is 10.2 Å². The molecule has 1 aromatic carbocycles. The molecule has 2 aromatic rings. The molecule has 5 rings (SSSR count). The van der Waals surface area contributed by atoms with Gasteiger partial charge in [-0.25, -0.2) is 4.79 Å². The predicted octanol–water partition coefficient (Wildman–Crippen LogP) is 6.09. The van der Waals surface area contributed by atoms with Crippen molar-refractivity contribution >= 4 is 16.9 Å². The van der Waals surface area contributed by atoms with E-state index in [9.17, 15) is 14.7 Å². The summed E-state index contributed by atoms with van der Waals surface area (Å²) in [6.45, 7) is 13.9. The van der Waals surface area contributed by atoms with Crippen molar-refractivity contribution in [2.75, 3.05) is 7.11 Å². The fourth-order valence-electron chi connectivity index (χ4n) is 5.35. The second-order valence-electron chi connectivity index (χ2n) is 11.0. The highest BCUT2D eigenvalue weighted by atomic mass is 16.6. The Balaban J connectivity index is 0.000000178. The van der Waals surface area contributed by atoms with E-state index in [1.54, 1.807) is 6.92 Å². The number of aryl methyl sites for hydroxylation is 1. The van der Waals surface area contributed by atoms with Crippen molar-refractivity contribution in [1.29, 1.82) is 0 Å². The summed E-state index contributed by atoms with van der Waals surface area (Å²) in [6, 6.07) is 2.84. The first-order valence-electron chi connectivity index (χ1n) is 13.1. The van der Waals surface area contributed by atoms with Gasteiger partial charge >= 0.3 is 5.97 Å². The number of phenols is 1. The monoisotopic (exact) mass is 522 g/mol. The molecule has 204 valence electrons. The second kappa shape index (κ2) is 10.8. The Morgan fingerprint density at radius 1 is 1.26 bits per heavy atom. The number of carbonyl (C=O) groups excluding carboxylic acids is 1. The van der Waals surface area contributed by atoms with Crippen molar-refractivity contribution in [3.8, 4) is 11.5 Å². The second-order valence-corrected chi connectivity index (χ2v) is 11.0. The van der Waals surface area contributed by atoms with Crippen LogP contribution in [-0.2, 0) is 20.7 Å². The van der Waals surface area contributed by atoms with Crippen LogP contribution in [0.3, 0.4) is 0 Å². The van der Waals surface area contributed by atoms with Crippen LogP contribution in [0, 0.1) is 12.8 Å². The number of hydrogen-bond donors (Lipinski definition) is 1. The van der Waals surface area contributed by atoms with Gasteiger partial charge in [0.05, 0.1) is 12.7 Å². The van der Waals surface area contributed by atoms with Gasteiger partial charge in [0.1, 0.15) is 40.4 Å². The van der Waals surface area contributed by atoms with E-state index in [-0.39, 0.29) is 46.3 Å². The third-order valence-corrected chi connectivity index (χ3v) is 7.67. The maximum absolute atomic E-state index is 12.0. The largest absolute Gasteiger partial charge is 0.507 e. The molecule has 2 saturated heterocycles. The molecule has 1 N–H and O–H groups in total. The van der Waals surface area contributed by atoms with Crippen molar-refractivity contribution < 1.29 is 28.5 Å². The van der Waals surface area contributed by atoms with Gasteiger partial charge in [-0.2, -0.15) is 0 Å². The lowest BCUT2D eigenvalue weighted by Gasteiger charge is -2.19. The number of hydrogen-bond acceptors (Lipinski definition) is 7. The molecule has 0 bridgehead atoms. The first kappa shape index (κ1) is 27.7. The summed E-state index contributed by atoms with van der Waals surface area (Å²) in [6.07, 6.45) is 8.86. The van der Waals surface area contributed by atoms with Crippen molar-refractivity contribution in [2.45, 2.75) is 84.5 Å². The molecule has 7 nitrogen and oxygen atoms in total. The van der Waals surface area contributed by atoms with E-state index in [0.29, 0.717) is 29.1 Å². The van der Waals surface area contributed by atoms with Crippen LogP contribution in [0.5, 0.6) is 11.5 Å². The van der Waals surface area contributed by atoms with Crippen LogP contribution in [0.25, 0.3) is 11.0 Å². The Morgan fingerprint density at radius 2 is 2.00 bits per heavy atom. The van der Waals surface area contributed by atoms with E-state index in [2.05, 4.69) is 26.5 Å². The van der Waals surface area contributed by atoms with E-state index < -0.39 is 0 Å². The first-order chi connectivity index (χ1) is 17.9. The number of methoxy groups -OCH3 is 1. The summed E-state index contributed by atoms with van der Waals surface area (Å²) in [5.74, 6) is 0.802. The lowest BCUT2D eigenvalue weighted by Crippen LogP contribution is -2.28. The standard InChI is InChI=1S/C16H18O4.C15H20O3/c1-9(2)5-6-11-14(19-4)8-13(18)15-12(17)7-10(3)20-16(11)15;1-9-5-4-8-15(3)13(18-15)12-11(7-6-9)10(2)14(16)17-12/h5,7-8,18H,6H2,1-4H3;5,11-13H,2,4,6-8H2,1,3H3. The van der Waals surface area contributed by atoms with E-state index >= 15 is 0 Å². The Morgan fingerprint density at radius 3 is 2.68 bits per heavy atom. The van der Waals surface area contributed by atoms with E-state index in [1.807, 2.05) is 19.9 Å². The van der Waals surface area contributed by atoms with Crippen LogP contribution in [0.4, 0.5) is 0 Å². The van der Waals surface area contributed by atoms with Crippen molar-refractivity contribution in [3.63, 3.8) is 0 Å². The molecule has 1 aliphatic carbocycles. The summed E-state index contributed by atoms with van der Waals surface area (Å²) in [5.41, 5.74) is 3.98. The molecule has 1 aromatic heterocycles. The van der Waals surface area contributed by atoms with Gasteiger partial charge < -0.3 is 23.7 Å². The molecule has 3 aliphatic rings. The predicted molar refractivity (Wildman–Crippen MR) is 147 cm³/mol. The van der Waals surface area contributed by atoms with Crippen LogP contribution in [0.1, 0.15) is 64.7 Å². The van der Waals surface area contributed by atoms with E-state index in [1.165, 1.54) is 24.8 Å². The average Bonchev–Trinajstić information content (AvgIpc) is 3.43. The number of epoxide rings is 1. The van der Waals surface area contributed by atoms with Crippen molar-refractivity contribution in [2.24, 2.45) is 5.92 Å². The maximum Gasteiger partial charge on any atom is 0.334 e. The SMILES string of the molecule is C=C1C(=O)OC2C1CCC(C)=CCCC1(C)OC21.COc1cc(O)c2c(=O)cc(C)oc2c1CC=C(C)C. The molecule has 0 radical (unpaired) electrons. The van der Waals surface area contributed by atoms with E-state index in [4.69, 9.17) is 18.6 Å². The van der Waals surface area contributed by atoms with Gasteiger partial charge in [-0.3, -0.25) is 4.79 Å². The minimum atomic E-state index is -0.248. The minimum absolute atomic E-state index is 0.0671. The average molecular weight is 523 g/mol. The lowest BCUT2D eigenvalue weighted by molar-refractivity contribution is -0.140. The quantitative estimate of drug-likeness (QED) is 0.226. The summed E-state index contributed by atoms with van der Waals surface area (Å²) in [4.78, 5) is 23.7. The summed E-state index contributed by atoms with van der Waals surface area (Å²) < 4.78 is 22.3. The Labute approximate surface area is 223 Å². The molecule has 4 unspecified atom stereocenters. The molecule has 2 fully saturated rings. The molecular formula is C31H38O7. The first-order valence-corrected chi connectivity index (χ1v) is 13.1. The zero-order valence-electron chi connectivity index (χ0n) is 23.2. The zero-order valence-corrected chi connectivity index (χ0v) is 23.2. The zero-order chi connectivity index (χ0) is 27.8. The Hall–Kier alpha value is -3.32. The number of rotatable bonds is 3. The molecule has 0 amide bonds. The molecule has 3 heterocycles. The summed E-state index contributed by atoms with van der Waals surface area (Å²) in [7, 11) is 1.53. The van der Waals surface area contributed by atoms with Crippen LogP contribution >= 0.6 is 0 Å². The Bertz CT molecular complexity index is 1370. The van der Waals surface area contributed by atoms with Crippen LogP contribution in [0.2, 0.25) is 0 Å². The number of aromatic hydroxyl groups is 1. The minimum Gasteiger partial charge on any atom is -0.507 e. The maximum atomic E-state index is 12.0. The fraction of sp³-hybridized carbons (Fsp3) is 0.484. The molecule has 7 heteroatoms. The number of allylic oxidation sites excluding steroid dienone is 4. The molecule has 0 spiro atoms. The third kappa shape index (κ3) is 5.58. The highest BCUT2D eigenvalue weighted by molar-refractivity contribution is 5.91. The number of ether oxygens (including phenoxy) is 3. The van der Waals surface area contributed by atoms with Crippen molar-refractivity contribution in [1.82, 2.24) is 0 Å². The molecule has 4 atom stereocenters. The summed E-state index contributed by atoms with van der Waals surface area (Å²) in [5, 5.41) is 10.2. The van der Waals surface area contributed by atoms with Gasteiger partial charge in [0, 0.05) is 29.2 Å². The fourth-order valence-corrected chi connectivity index (χ4v) is 5.35. The molecular weight excluding hydrogens is 484 g/mol. The molecule has 2 aliphatic heterocycles. The van der Waals surface area contributed by atoms with Crippen LogP contribution in [0.15, 0.2) is 56.8 Å². The number of esters is 1. The van der Waals surface area contributed by atoms with Crippen LogP contribution in [-0.4, -0.2) is 36.0 Å². The highest BCUT2D eigenvalue weighted by Gasteiger charge is 2.61. The van der Waals surface area contributed by atoms with Gasteiger partial charge in [0.25, 0.3) is 0 Å². The van der Waals surface area contributed by atoms with Gasteiger partial charge in [-0.05, 0) is 66.7 Å². The number of fused-ring (bicyclic) bond motifs is 4. The van der Waals surface area contributed by atoms with Gasteiger partial charge in [0.15, 0.2) is 5.43 Å². The highest BCUT2D eigenvalue weighted by Crippen LogP contribution is 2.49. The third-order valence-electron chi connectivity index (χ3n) is 7.67. The Kier molecular flexibility index (Phi) is 7.88. The van der Waals surface area contributed by atoms with Crippen molar-refractivity contribution in [3.05, 3.63) is 69.1 Å². The summed E-state index contributed by atoms with van der Waals surface area (Å²) >= 11 is 0. The smallest absolute Gasteiger partial charge is 0.334 e. The van der Waals surface area contributed by atoms with Gasteiger partial charge in [-0.1, -0.05) is 29.9 Å². The number of carbonyl (C=O) groups is 1. The molecule has 0 saturated carbocycles. The normalized spacial score (nSPS) is 26.3.